The van der Waals surface area contributed by atoms with Crippen molar-refractivity contribution in [3.8, 4) is 0 Å². The molecule has 0 saturated carbocycles. The van der Waals surface area contributed by atoms with E-state index >= 15 is 0 Å². The van der Waals surface area contributed by atoms with Crippen molar-refractivity contribution in [2.75, 3.05) is 18.5 Å². The summed E-state index contributed by atoms with van der Waals surface area (Å²) in [5.41, 5.74) is 0.593. The minimum atomic E-state index is -0.812. The molecule has 2 heterocycles. The van der Waals surface area contributed by atoms with Gasteiger partial charge in [-0.3, -0.25) is 9.59 Å². The van der Waals surface area contributed by atoms with Gasteiger partial charge in [0.05, 0.1) is 15.5 Å². The summed E-state index contributed by atoms with van der Waals surface area (Å²) in [7, 11) is 0. The van der Waals surface area contributed by atoms with Gasteiger partial charge in [-0.05, 0) is 31.0 Å². The first kappa shape index (κ1) is 14.6. The summed E-state index contributed by atoms with van der Waals surface area (Å²) in [6.45, 7) is 1.55. The maximum absolute atomic E-state index is 12.5. The summed E-state index contributed by atoms with van der Waals surface area (Å²) in [5, 5.41) is 12.6. The van der Waals surface area contributed by atoms with Gasteiger partial charge in [-0.2, -0.15) is 0 Å². The third kappa shape index (κ3) is 2.03. The van der Waals surface area contributed by atoms with Crippen LogP contribution < -0.4 is 5.32 Å². The van der Waals surface area contributed by atoms with Crippen LogP contribution in [0.4, 0.5) is 5.69 Å². The largest absolute Gasteiger partial charge is 0.387 e. The predicted octanol–water partition coefficient (Wildman–Crippen LogP) is 1.80. The third-order valence-electron chi connectivity index (χ3n) is 4.33. The lowest BCUT2D eigenvalue weighted by Crippen LogP contribution is -2.40. The smallest absolute Gasteiger partial charge is 0.248 e. The number of anilines is 1. The van der Waals surface area contributed by atoms with Crippen LogP contribution in [-0.2, 0) is 15.0 Å². The molecule has 2 amide bonds. The molecule has 1 spiro atoms. The Morgan fingerprint density at radius 1 is 1.48 bits per heavy atom. The molecule has 2 aliphatic rings. The Morgan fingerprint density at radius 3 is 2.81 bits per heavy atom. The number of fused-ring (bicyclic) bond motifs is 2. The number of rotatable bonds is 1. The molecule has 7 heteroatoms. The van der Waals surface area contributed by atoms with E-state index in [1.165, 1.54) is 4.90 Å². The minimum Gasteiger partial charge on any atom is -0.387 e. The Labute approximate surface area is 131 Å². The topological polar surface area (TPSA) is 69.6 Å². The average Bonchev–Trinajstić information content (AvgIpc) is 2.91. The van der Waals surface area contributed by atoms with Crippen LogP contribution in [0.15, 0.2) is 12.1 Å². The Balaban J connectivity index is 2.07. The Kier molecular flexibility index (Phi) is 3.39. The van der Waals surface area contributed by atoms with Crippen molar-refractivity contribution >= 4 is 40.7 Å². The molecule has 0 bridgehead atoms. The number of hydrogen-bond donors (Lipinski definition) is 2. The van der Waals surface area contributed by atoms with Gasteiger partial charge >= 0.3 is 0 Å². The van der Waals surface area contributed by atoms with E-state index in [0.29, 0.717) is 22.2 Å². The van der Waals surface area contributed by atoms with Gasteiger partial charge in [0.1, 0.15) is 6.61 Å². The molecule has 0 aliphatic carbocycles. The summed E-state index contributed by atoms with van der Waals surface area (Å²) in [6.07, 6.45) is 0.496. The number of nitrogens with zero attached hydrogens (tertiary/aromatic N) is 1. The van der Waals surface area contributed by atoms with E-state index in [-0.39, 0.29) is 24.4 Å². The van der Waals surface area contributed by atoms with Gasteiger partial charge < -0.3 is 15.3 Å². The first-order chi connectivity index (χ1) is 9.89. The van der Waals surface area contributed by atoms with E-state index in [2.05, 4.69) is 5.32 Å². The first-order valence-electron chi connectivity index (χ1n) is 6.60. The second-order valence-electron chi connectivity index (χ2n) is 5.58. The fourth-order valence-electron chi connectivity index (χ4n) is 3.32. The number of amides is 2. The average molecular weight is 329 g/mol. The molecule has 2 atom stereocenters. The van der Waals surface area contributed by atoms with Crippen LogP contribution in [-0.4, -0.2) is 41.0 Å². The number of aliphatic hydroxyl groups excluding tert-OH is 1. The summed E-state index contributed by atoms with van der Waals surface area (Å²) >= 11 is 12.1. The standard InChI is InChI=1S/C14H14Cl2N2O3/c1-7-4-14(6-18(7)12(20)5-19)8-2-9(15)10(16)3-11(8)17-13(14)21/h2-3,7,19H,4-6H2,1H3,(H,17,21). The molecule has 5 nitrogen and oxygen atoms in total. The van der Waals surface area contributed by atoms with Gasteiger partial charge in [0.15, 0.2) is 0 Å². The van der Waals surface area contributed by atoms with E-state index < -0.39 is 12.0 Å². The molecule has 2 aliphatic heterocycles. The highest BCUT2D eigenvalue weighted by atomic mass is 35.5. The molecule has 0 radical (unpaired) electrons. The zero-order chi connectivity index (χ0) is 15.4. The first-order valence-corrected chi connectivity index (χ1v) is 7.36. The summed E-state index contributed by atoms with van der Waals surface area (Å²) in [6, 6.07) is 3.19. The third-order valence-corrected chi connectivity index (χ3v) is 5.05. The van der Waals surface area contributed by atoms with Gasteiger partial charge in [-0.15, -0.1) is 0 Å². The molecule has 1 aromatic carbocycles. The summed E-state index contributed by atoms with van der Waals surface area (Å²) in [4.78, 5) is 25.8. The number of hydrogen-bond acceptors (Lipinski definition) is 3. The lowest BCUT2D eigenvalue weighted by Gasteiger charge is -2.23. The highest BCUT2D eigenvalue weighted by Gasteiger charge is 2.54. The molecule has 1 fully saturated rings. The van der Waals surface area contributed by atoms with E-state index in [1.807, 2.05) is 6.92 Å². The number of likely N-dealkylation sites (tertiary alicyclic amines) is 1. The number of halogens is 2. The van der Waals surface area contributed by atoms with Crippen molar-refractivity contribution in [1.82, 2.24) is 4.90 Å². The fraction of sp³-hybridized carbons (Fsp3) is 0.429. The summed E-state index contributed by atoms with van der Waals surface area (Å²) in [5.74, 6) is -0.531. The second-order valence-corrected chi connectivity index (χ2v) is 6.40. The van der Waals surface area contributed by atoms with E-state index in [4.69, 9.17) is 28.3 Å². The number of nitrogens with one attached hydrogen (secondary N) is 1. The lowest BCUT2D eigenvalue weighted by atomic mass is 9.80. The van der Waals surface area contributed by atoms with Crippen LogP contribution in [0.2, 0.25) is 10.0 Å². The normalized spacial score (nSPS) is 27.1. The molecule has 112 valence electrons. The van der Waals surface area contributed by atoms with Crippen molar-refractivity contribution in [2.45, 2.75) is 24.8 Å². The maximum Gasteiger partial charge on any atom is 0.248 e. The SMILES string of the molecule is CC1CC2(CN1C(=O)CO)C(=O)Nc1cc(Cl)c(Cl)cc12. The van der Waals surface area contributed by atoms with Crippen LogP contribution in [0.5, 0.6) is 0 Å². The molecular formula is C14H14Cl2N2O3. The Bertz CT molecular complexity index is 649. The predicted molar refractivity (Wildman–Crippen MR) is 79.6 cm³/mol. The van der Waals surface area contributed by atoms with Gasteiger partial charge in [-0.1, -0.05) is 23.2 Å². The van der Waals surface area contributed by atoms with Gasteiger partial charge in [-0.25, -0.2) is 0 Å². The molecule has 0 aromatic heterocycles. The van der Waals surface area contributed by atoms with Crippen molar-refractivity contribution in [3.63, 3.8) is 0 Å². The highest BCUT2D eigenvalue weighted by Crippen LogP contribution is 2.48. The number of benzene rings is 1. The molecule has 3 rings (SSSR count). The summed E-state index contributed by atoms with van der Waals surface area (Å²) < 4.78 is 0. The molecular weight excluding hydrogens is 315 g/mol. The minimum absolute atomic E-state index is 0.129. The lowest BCUT2D eigenvalue weighted by molar-refractivity contribution is -0.135. The van der Waals surface area contributed by atoms with Crippen molar-refractivity contribution in [1.29, 1.82) is 0 Å². The van der Waals surface area contributed by atoms with E-state index in [0.717, 1.165) is 5.56 Å². The monoisotopic (exact) mass is 328 g/mol. The molecule has 1 aromatic rings. The number of carbonyl (C=O) groups excluding carboxylic acids is 2. The highest BCUT2D eigenvalue weighted by molar-refractivity contribution is 6.42. The fourth-order valence-corrected chi connectivity index (χ4v) is 3.65. The molecule has 2 unspecified atom stereocenters. The Morgan fingerprint density at radius 2 is 2.14 bits per heavy atom. The molecule has 1 saturated heterocycles. The second kappa shape index (κ2) is 4.87. The molecule has 2 N–H and O–H groups in total. The van der Waals surface area contributed by atoms with Gasteiger partial charge in [0.2, 0.25) is 11.8 Å². The van der Waals surface area contributed by atoms with Crippen molar-refractivity contribution in [2.24, 2.45) is 0 Å². The van der Waals surface area contributed by atoms with Crippen molar-refractivity contribution < 1.29 is 14.7 Å². The van der Waals surface area contributed by atoms with Gasteiger partial charge in [0, 0.05) is 18.3 Å². The van der Waals surface area contributed by atoms with E-state index in [9.17, 15) is 9.59 Å². The van der Waals surface area contributed by atoms with Crippen molar-refractivity contribution in [3.05, 3.63) is 27.7 Å². The number of carbonyl (C=O) groups is 2. The molecule has 21 heavy (non-hydrogen) atoms. The van der Waals surface area contributed by atoms with Crippen LogP contribution in [0, 0.1) is 0 Å². The van der Waals surface area contributed by atoms with Crippen LogP contribution >= 0.6 is 23.2 Å². The zero-order valence-corrected chi connectivity index (χ0v) is 12.8. The van der Waals surface area contributed by atoms with Crippen LogP contribution in [0.25, 0.3) is 0 Å². The quantitative estimate of drug-likeness (QED) is 0.825. The van der Waals surface area contributed by atoms with E-state index in [1.54, 1.807) is 12.1 Å². The Hall–Kier alpha value is -1.30. The van der Waals surface area contributed by atoms with Crippen LogP contribution in [0.3, 0.4) is 0 Å². The zero-order valence-electron chi connectivity index (χ0n) is 11.3. The number of aliphatic hydroxyl groups is 1. The van der Waals surface area contributed by atoms with Crippen LogP contribution in [0.1, 0.15) is 18.9 Å². The maximum atomic E-state index is 12.5. The van der Waals surface area contributed by atoms with Gasteiger partial charge in [0.25, 0.3) is 0 Å².